The maximum Gasteiger partial charge on any atom is 0.408 e. The number of hydrogen-bond donors (Lipinski definition) is 2. The first-order chi connectivity index (χ1) is 12.4. The zero-order valence-corrected chi connectivity index (χ0v) is 16.7. The molecule has 0 saturated carbocycles. The molecule has 27 heavy (non-hydrogen) atoms. The van der Waals surface area contributed by atoms with Crippen molar-refractivity contribution in [1.29, 1.82) is 0 Å². The summed E-state index contributed by atoms with van der Waals surface area (Å²) in [6.45, 7) is 10.1. The Kier molecular flexibility index (Phi) is 7.63. The Morgan fingerprint density at radius 3 is 2.04 bits per heavy atom. The largest absolute Gasteiger partial charge is 0.459 e. The van der Waals surface area contributed by atoms with Crippen LogP contribution in [-0.2, 0) is 19.1 Å². The van der Waals surface area contributed by atoms with Gasteiger partial charge in [0, 0.05) is 0 Å². The standard InChI is InChI=1S/C19H28N2O6/c1-18(2,3)26-16(23)12-20-13-9-7-8-10-14(13)25-15(22)11-21-17(24)27-19(4,5)6/h7-10,20H,11-12H2,1-6H3,(H,21,24). The molecule has 1 amide bonds. The Labute approximate surface area is 159 Å². The van der Waals surface area contributed by atoms with E-state index in [2.05, 4.69) is 10.6 Å². The Hall–Kier alpha value is -2.77. The third-order valence-corrected chi connectivity index (χ3v) is 2.73. The van der Waals surface area contributed by atoms with Crippen molar-refractivity contribution >= 4 is 23.7 Å². The third kappa shape index (κ3) is 10.1. The van der Waals surface area contributed by atoms with Crippen molar-refractivity contribution in [2.45, 2.75) is 52.7 Å². The SMILES string of the molecule is CC(C)(C)OC(=O)CNc1ccccc1OC(=O)CNC(=O)OC(C)(C)C. The van der Waals surface area contributed by atoms with Gasteiger partial charge in [-0.05, 0) is 53.7 Å². The number of carbonyl (C=O) groups excluding carboxylic acids is 3. The normalized spacial score (nSPS) is 11.3. The van der Waals surface area contributed by atoms with Crippen LogP contribution >= 0.6 is 0 Å². The molecule has 0 fully saturated rings. The lowest BCUT2D eigenvalue weighted by Crippen LogP contribution is -2.36. The van der Waals surface area contributed by atoms with Crippen LogP contribution in [0, 0.1) is 0 Å². The number of hydrogen-bond acceptors (Lipinski definition) is 7. The summed E-state index contributed by atoms with van der Waals surface area (Å²) in [6, 6.07) is 6.65. The highest BCUT2D eigenvalue weighted by molar-refractivity contribution is 5.81. The van der Waals surface area contributed by atoms with Crippen LogP contribution < -0.4 is 15.4 Å². The van der Waals surface area contributed by atoms with Crippen molar-refractivity contribution in [3.05, 3.63) is 24.3 Å². The number of carbonyl (C=O) groups is 3. The molecular weight excluding hydrogens is 352 g/mol. The van der Waals surface area contributed by atoms with Crippen LogP contribution in [0.5, 0.6) is 5.75 Å². The van der Waals surface area contributed by atoms with Gasteiger partial charge >= 0.3 is 18.0 Å². The lowest BCUT2D eigenvalue weighted by Gasteiger charge is -2.20. The van der Waals surface area contributed by atoms with Gasteiger partial charge in [-0.3, -0.25) is 4.79 Å². The van der Waals surface area contributed by atoms with E-state index in [4.69, 9.17) is 14.2 Å². The molecule has 0 aliphatic carbocycles. The second kappa shape index (κ2) is 9.25. The van der Waals surface area contributed by atoms with Crippen LogP contribution in [0.1, 0.15) is 41.5 Å². The minimum Gasteiger partial charge on any atom is -0.459 e. The number of alkyl carbamates (subject to hydrolysis) is 1. The molecule has 0 spiro atoms. The van der Waals surface area contributed by atoms with Crippen molar-refractivity contribution in [3.63, 3.8) is 0 Å². The summed E-state index contributed by atoms with van der Waals surface area (Å²) in [6.07, 6.45) is -0.712. The minimum atomic E-state index is -0.712. The number of nitrogens with one attached hydrogen (secondary N) is 2. The Bertz CT molecular complexity index is 674. The molecule has 8 nitrogen and oxygen atoms in total. The zero-order chi connectivity index (χ0) is 20.7. The zero-order valence-electron chi connectivity index (χ0n) is 16.7. The molecule has 0 radical (unpaired) electrons. The van der Waals surface area contributed by atoms with Crippen LogP contribution in [0.2, 0.25) is 0 Å². The number of benzene rings is 1. The number of anilines is 1. The molecule has 0 heterocycles. The number of rotatable bonds is 6. The van der Waals surface area contributed by atoms with Gasteiger partial charge in [0.1, 0.15) is 24.3 Å². The Morgan fingerprint density at radius 2 is 1.44 bits per heavy atom. The second-order valence-corrected chi connectivity index (χ2v) is 7.77. The quantitative estimate of drug-likeness (QED) is 0.578. The van der Waals surface area contributed by atoms with Crippen LogP contribution in [0.15, 0.2) is 24.3 Å². The molecule has 1 aromatic carbocycles. The van der Waals surface area contributed by atoms with E-state index in [-0.39, 0.29) is 18.8 Å². The third-order valence-electron chi connectivity index (χ3n) is 2.73. The van der Waals surface area contributed by atoms with Gasteiger partial charge in [-0.25, -0.2) is 9.59 Å². The fourth-order valence-electron chi connectivity index (χ4n) is 1.86. The summed E-state index contributed by atoms with van der Waals surface area (Å²) in [5.74, 6) is -0.875. The van der Waals surface area contributed by atoms with E-state index in [9.17, 15) is 14.4 Å². The van der Waals surface area contributed by atoms with Gasteiger partial charge in [0.15, 0.2) is 5.75 Å². The van der Waals surface area contributed by atoms with Gasteiger partial charge in [-0.1, -0.05) is 12.1 Å². The summed E-state index contributed by atoms with van der Waals surface area (Å²) in [7, 11) is 0. The molecule has 1 aromatic rings. The average molecular weight is 380 g/mol. The van der Waals surface area contributed by atoms with Crippen LogP contribution in [0.25, 0.3) is 0 Å². The molecule has 0 atom stereocenters. The number of ether oxygens (including phenoxy) is 3. The maximum atomic E-state index is 11.9. The summed E-state index contributed by atoms with van der Waals surface area (Å²) in [5.41, 5.74) is -0.793. The summed E-state index contributed by atoms with van der Waals surface area (Å²) in [5, 5.41) is 5.20. The lowest BCUT2D eigenvalue weighted by molar-refractivity contribution is -0.152. The van der Waals surface area contributed by atoms with E-state index < -0.39 is 29.2 Å². The fraction of sp³-hybridized carbons (Fsp3) is 0.526. The van der Waals surface area contributed by atoms with Crippen LogP contribution in [0.3, 0.4) is 0 Å². The highest BCUT2D eigenvalue weighted by Gasteiger charge is 2.18. The molecule has 0 saturated heterocycles. The van der Waals surface area contributed by atoms with Gasteiger partial charge in [0.25, 0.3) is 0 Å². The van der Waals surface area contributed by atoms with Crippen molar-refractivity contribution in [2.24, 2.45) is 0 Å². The van der Waals surface area contributed by atoms with E-state index in [1.165, 1.54) is 0 Å². The Morgan fingerprint density at radius 1 is 0.852 bits per heavy atom. The first-order valence-electron chi connectivity index (χ1n) is 8.58. The number of amides is 1. The molecule has 0 aliphatic rings. The van der Waals surface area contributed by atoms with Crippen molar-refractivity contribution in [1.82, 2.24) is 5.32 Å². The highest BCUT2D eigenvalue weighted by atomic mass is 16.6. The molecule has 150 valence electrons. The first-order valence-corrected chi connectivity index (χ1v) is 8.58. The van der Waals surface area contributed by atoms with Gasteiger partial charge in [-0.15, -0.1) is 0 Å². The van der Waals surface area contributed by atoms with E-state index in [1.807, 2.05) is 0 Å². The molecule has 2 N–H and O–H groups in total. The average Bonchev–Trinajstić information content (AvgIpc) is 2.49. The van der Waals surface area contributed by atoms with Crippen molar-refractivity contribution < 1.29 is 28.6 Å². The molecule has 0 aromatic heterocycles. The second-order valence-electron chi connectivity index (χ2n) is 7.77. The van der Waals surface area contributed by atoms with Crippen LogP contribution in [-0.4, -0.2) is 42.3 Å². The smallest absolute Gasteiger partial charge is 0.408 e. The van der Waals surface area contributed by atoms with Gasteiger partial charge < -0.3 is 24.8 Å². The van der Waals surface area contributed by atoms with Crippen LogP contribution in [0.4, 0.5) is 10.5 Å². The summed E-state index contributed by atoms with van der Waals surface area (Å²) < 4.78 is 15.5. The topological polar surface area (TPSA) is 103 Å². The first kappa shape index (κ1) is 22.3. The van der Waals surface area contributed by atoms with E-state index in [0.29, 0.717) is 5.69 Å². The fourth-order valence-corrected chi connectivity index (χ4v) is 1.86. The Balaban J connectivity index is 2.57. The predicted octanol–water partition coefficient (Wildman–Crippen LogP) is 2.87. The van der Waals surface area contributed by atoms with Gasteiger partial charge in [-0.2, -0.15) is 0 Å². The molecule has 8 heteroatoms. The molecule has 1 rings (SSSR count). The number of para-hydroxylation sites is 2. The molecule has 0 bridgehead atoms. The molecular formula is C19H28N2O6. The molecule has 0 unspecified atom stereocenters. The summed E-state index contributed by atoms with van der Waals surface area (Å²) >= 11 is 0. The van der Waals surface area contributed by atoms with Crippen molar-refractivity contribution in [2.75, 3.05) is 18.4 Å². The molecule has 0 aliphatic heterocycles. The minimum absolute atomic E-state index is 0.0814. The van der Waals surface area contributed by atoms with E-state index in [0.717, 1.165) is 0 Å². The van der Waals surface area contributed by atoms with E-state index >= 15 is 0 Å². The monoisotopic (exact) mass is 380 g/mol. The van der Waals surface area contributed by atoms with E-state index in [1.54, 1.807) is 65.8 Å². The van der Waals surface area contributed by atoms with Gasteiger partial charge in [0.05, 0.1) is 5.69 Å². The lowest BCUT2D eigenvalue weighted by atomic mass is 10.2. The highest BCUT2D eigenvalue weighted by Crippen LogP contribution is 2.23. The summed E-state index contributed by atoms with van der Waals surface area (Å²) in [4.78, 5) is 35.3. The van der Waals surface area contributed by atoms with Crippen molar-refractivity contribution in [3.8, 4) is 5.75 Å². The predicted molar refractivity (Wildman–Crippen MR) is 101 cm³/mol. The van der Waals surface area contributed by atoms with Gasteiger partial charge in [0.2, 0.25) is 0 Å². The number of esters is 2. The maximum absolute atomic E-state index is 11.9.